The maximum atomic E-state index is 12.4. The molecule has 0 bridgehead atoms. The third-order valence-electron chi connectivity index (χ3n) is 4.70. The van der Waals surface area contributed by atoms with Crippen LogP contribution in [-0.2, 0) is 9.53 Å². The summed E-state index contributed by atoms with van der Waals surface area (Å²) in [6.07, 6.45) is 2.80. The van der Waals surface area contributed by atoms with Crippen LogP contribution in [0.15, 0.2) is 48.5 Å². The molecule has 6 nitrogen and oxygen atoms in total. The normalized spacial score (nSPS) is 15.2. The summed E-state index contributed by atoms with van der Waals surface area (Å²) >= 11 is 6.07. The van der Waals surface area contributed by atoms with E-state index in [0.29, 0.717) is 24.6 Å². The second kappa shape index (κ2) is 7.94. The van der Waals surface area contributed by atoms with Crippen molar-refractivity contribution in [1.29, 1.82) is 0 Å². The maximum Gasteiger partial charge on any atom is 0.338 e. The molecular formula is C21H18ClNO5. The monoisotopic (exact) mass is 399 g/mol. The molecule has 0 unspecified atom stereocenters. The fourth-order valence-corrected chi connectivity index (χ4v) is 3.46. The Morgan fingerprint density at radius 1 is 1.14 bits per heavy atom. The third-order valence-corrected chi connectivity index (χ3v) is 4.98. The van der Waals surface area contributed by atoms with Crippen LogP contribution in [0.3, 0.4) is 0 Å². The number of benzene rings is 2. The molecule has 1 amide bonds. The van der Waals surface area contributed by atoms with E-state index in [1.54, 1.807) is 4.90 Å². The summed E-state index contributed by atoms with van der Waals surface area (Å²) in [5.41, 5.74) is 2.60. The lowest BCUT2D eigenvalue weighted by molar-refractivity contribution is -0.134. The molecule has 2 aliphatic heterocycles. The van der Waals surface area contributed by atoms with Gasteiger partial charge in [0.05, 0.1) is 10.6 Å². The number of halogens is 1. The molecular weight excluding hydrogens is 382 g/mol. The molecule has 0 N–H and O–H groups in total. The predicted molar refractivity (Wildman–Crippen MR) is 103 cm³/mol. The van der Waals surface area contributed by atoms with Crippen molar-refractivity contribution in [1.82, 2.24) is 4.90 Å². The van der Waals surface area contributed by atoms with Gasteiger partial charge in [0, 0.05) is 13.1 Å². The van der Waals surface area contributed by atoms with Gasteiger partial charge >= 0.3 is 5.97 Å². The minimum absolute atomic E-state index is 0.0550. The van der Waals surface area contributed by atoms with Crippen LogP contribution < -0.4 is 9.47 Å². The molecule has 0 spiro atoms. The minimum atomic E-state index is -0.633. The largest absolute Gasteiger partial charge is 0.454 e. The summed E-state index contributed by atoms with van der Waals surface area (Å²) in [5.74, 6) is -0.0707. The first-order valence-electron chi connectivity index (χ1n) is 8.90. The van der Waals surface area contributed by atoms with Gasteiger partial charge in [-0.2, -0.15) is 0 Å². The fourth-order valence-electron chi connectivity index (χ4n) is 3.20. The molecule has 0 radical (unpaired) electrons. The Bertz CT molecular complexity index is 941. The predicted octanol–water partition coefficient (Wildman–Crippen LogP) is 3.54. The third kappa shape index (κ3) is 3.82. The molecule has 0 atom stereocenters. The van der Waals surface area contributed by atoms with E-state index in [-0.39, 0.29) is 29.9 Å². The number of hydrogen-bond acceptors (Lipinski definition) is 5. The summed E-state index contributed by atoms with van der Waals surface area (Å²) in [5, 5.41) is 0.267. The molecule has 144 valence electrons. The Morgan fingerprint density at radius 2 is 1.96 bits per heavy atom. The van der Waals surface area contributed by atoms with Gasteiger partial charge in [-0.3, -0.25) is 4.79 Å². The molecule has 0 saturated carbocycles. The van der Waals surface area contributed by atoms with Crippen molar-refractivity contribution >= 4 is 29.1 Å². The van der Waals surface area contributed by atoms with E-state index in [9.17, 15) is 9.59 Å². The smallest absolute Gasteiger partial charge is 0.338 e. The summed E-state index contributed by atoms with van der Waals surface area (Å²) in [6.45, 7) is 0.822. The van der Waals surface area contributed by atoms with Crippen LogP contribution in [0.2, 0.25) is 5.02 Å². The van der Waals surface area contributed by atoms with Crippen LogP contribution in [0.4, 0.5) is 0 Å². The molecule has 0 fully saturated rings. The highest BCUT2D eigenvalue weighted by Gasteiger charge is 2.23. The van der Waals surface area contributed by atoms with Gasteiger partial charge in [0.15, 0.2) is 18.1 Å². The van der Waals surface area contributed by atoms with E-state index >= 15 is 0 Å². The second-order valence-electron chi connectivity index (χ2n) is 6.45. The summed E-state index contributed by atoms with van der Waals surface area (Å²) in [4.78, 5) is 26.3. The molecule has 0 saturated heterocycles. The number of carbonyl (C=O) groups excluding carboxylic acids is 2. The van der Waals surface area contributed by atoms with Crippen molar-refractivity contribution in [3.05, 3.63) is 64.7 Å². The highest BCUT2D eigenvalue weighted by Crippen LogP contribution is 2.39. The average Bonchev–Trinajstić information content (AvgIpc) is 3.22. The van der Waals surface area contributed by atoms with Crippen molar-refractivity contribution in [2.24, 2.45) is 0 Å². The first kappa shape index (κ1) is 18.4. The zero-order chi connectivity index (χ0) is 19.5. The van der Waals surface area contributed by atoms with Gasteiger partial charge in [-0.1, -0.05) is 48.0 Å². The molecule has 2 aliphatic rings. The second-order valence-corrected chi connectivity index (χ2v) is 6.86. The van der Waals surface area contributed by atoms with Gasteiger partial charge in [-0.25, -0.2) is 4.79 Å². The lowest BCUT2D eigenvalue weighted by Crippen LogP contribution is -2.37. The van der Waals surface area contributed by atoms with E-state index in [1.807, 2.05) is 24.3 Å². The average molecular weight is 400 g/mol. The molecule has 2 heterocycles. The first-order valence-corrected chi connectivity index (χ1v) is 9.28. The number of nitrogens with zero attached hydrogens (tertiary/aromatic N) is 1. The van der Waals surface area contributed by atoms with Gasteiger partial charge < -0.3 is 19.1 Å². The molecule has 0 aliphatic carbocycles. The molecule has 2 aromatic carbocycles. The zero-order valence-corrected chi connectivity index (χ0v) is 15.8. The Balaban J connectivity index is 1.33. The van der Waals surface area contributed by atoms with Gasteiger partial charge in [-0.05, 0) is 29.7 Å². The molecule has 0 aromatic heterocycles. The van der Waals surface area contributed by atoms with Crippen molar-refractivity contribution < 1.29 is 23.8 Å². The topological polar surface area (TPSA) is 65.1 Å². The summed E-state index contributed by atoms with van der Waals surface area (Å²) in [7, 11) is 0. The molecule has 2 aromatic rings. The Kier molecular flexibility index (Phi) is 5.21. The number of hydrogen-bond donors (Lipinski definition) is 0. The number of rotatable bonds is 4. The lowest BCUT2D eigenvalue weighted by atomic mass is 10.00. The van der Waals surface area contributed by atoms with E-state index in [2.05, 4.69) is 12.1 Å². The number of ether oxygens (including phenoxy) is 3. The Labute approximate surface area is 167 Å². The summed E-state index contributed by atoms with van der Waals surface area (Å²) in [6, 6.07) is 13.0. The maximum absolute atomic E-state index is 12.4. The van der Waals surface area contributed by atoms with Gasteiger partial charge in [-0.15, -0.1) is 0 Å². The van der Waals surface area contributed by atoms with Crippen LogP contribution in [0.1, 0.15) is 22.3 Å². The van der Waals surface area contributed by atoms with Crippen LogP contribution >= 0.6 is 11.6 Å². The SMILES string of the molecule is O=C(OCC(=O)N1CC=C(c2ccccc2)CC1)c1cc(Cl)c2c(c1)OCO2. The lowest BCUT2D eigenvalue weighted by Gasteiger charge is -2.26. The van der Waals surface area contributed by atoms with Crippen LogP contribution in [0.25, 0.3) is 5.57 Å². The molecule has 28 heavy (non-hydrogen) atoms. The van der Waals surface area contributed by atoms with Crippen molar-refractivity contribution in [3.8, 4) is 11.5 Å². The molecule has 7 heteroatoms. The van der Waals surface area contributed by atoms with Crippen LogP contribution in [0, 0.1) is 0 Å². The Morgan fingerprint density at radius 3 is 2.71 bits per heavy atom. The van der Waals surface area contributed by atoms with Gasteiger partial charge in [0.2, 0.25) is 6.79 Å². The fraction of sp³-hybridized carbons (Fsp3) is 0.238. The van der Waals surface area contributed by atoms with Crippen molar-refractivity contribution in [2.45, 2.75) is 6.42 Å². The van der Waals surface area contributed by atoms with E-state index in [1.165, 1.54) is 23.3 Å². The van der Waals surface area contributed by atoms with Gasteiger partial charge in [0.1, 0.15) is 0 Å². The number of fused-ring (bicyclic) bond motifs is 1. The standard InChI is InChI=1S/C21H18ClNO5/c22-17-10-16(11-18-20(17)28-13-27-18)21(25)26-12-19(24)23-8-6-15(7-9-23)14-4-2-1-3-5-14/h1-6,10-11H,7-9,12-13H2. The van der Waals surface area contributed by atoms with E-state index in [0.717, 1.165) is 6.42 Å². The van der Waals surface area contributed by atoms with Crippen LogP contribution in [0.5, 0.6) is 11.5 Å². The number of carbonyl (C=O) groups is 2. The van der Waals surface area contributed by atoms with Gasteiger partial charge in [0.25, 0.3) is 5.91 Å². The van der Waals surface area contributed by atoms with Crippen molar-refractivity contribution in [3.63, 3.8) is 0 Å². The van der Waals surface area contributed by atoms with E-state index in [4.69, 9.17) is 25.8 Å². The highest BCUT2D eigenvalue weighted by molar-refractivity contribution is 6.32. The number of esters is 1. The molecule has 4 rings (SSSR count). The summed E-state index contributed by atoms with van der Waals surface area (Å²) < 4.78 is 15.6. The van der Waals surface area contributed by atoms with Crippen LogP contribution in [-0.4, -0.2) is 43.3 Å². The quantitative estimate of drug-likeness (QED) is 0.736. The minimum Gasteiger partial charge on any atom is -0.454 e. The van der Waals surface area contributed by atoms with E-state index < -0.39 is 5.97 Å². The Hall–Kier alpha value is -2.99. The highest BCUT2D eigenvalue weighted by atomic mass is 35.5. The van der Waals surface area contributed by atoms with Crippen molar-refractivity contribution in [2.75, 3.05) is 26.5 Å². The number of amides is 1. The first-order chi connectivity index (χ1) is 13.6. The zero-order valence-electron chi connectivity index (χ0n) is 15.0.